The molecule has 1 aliphatic heterocycles. The van der Waals surface area contributed by atoms with E-state index in [-0.39, 0.29) is 0 Å². The van der Waals surface area contributed by atoms with Gasteiger partial charge in [-0.15, -0.1) is 0 Å². The maximum Gasteiger partial charge on any atom is 0.0319 e. The Bertz CT molecular complexity index is 586. The van der Waals surface area contributed by atoms with Crippen LogP contribution in [0.15, 0.2) is 54.6 Å². The van der Waals surface area contributed by atoms with E-state index in [0.29, 0.717) is 18.5 Å². The van der Waals surface area contributed by atoms with Crippen molar-refractivity contribution in [3.8, 4) is 0 Å². The Morgan fingerprint density at radius 1 is 1.05 bits per heavy atom. The highest BCUT2D eigenvalue weighted by molar-refractivity contribution is 5.27. The second-order valence-electron chi connectivity index (χ2n) is 6.35. The molecule has 2 nitrogen and oxygen atoms in total. The molecule has 0 bridgehead atoms. The lowest BCUT2D eigenvalue weighted by Crippen LogP contribution is -2.35. The molecule has 0 spiro atoms. The summed E-state index contributed by atoms with van der Waals surface area (Å²) in [6.07, 6.45) is 2.48. The van der Waals surface area contributed by atoms with Crippen molar-refractivity contribution >= 4 is 0 Å². The van der Waals surface area contributed by atoms with Crippen LogP contribution in [-0.4, -0.2) is 18.0 Å². The molecule has 1 heterocycles. The predicted molar refractivity (Wildman–Crippen MR) is 92.7 cm³/mol. The largest absolute Gasteiger partial charge is 0.326 e. The normalized spacial score (nSPS) is 18.3. The van der Waals surface area contributed by atoms with E-state index in [0.717, 1.165) is 0 Å². The minimum absolute atomic E-state index is 0.512. The quantitative estimate of drug-likeness (QED) is 0.920. The van der Waals surface area contributed by atoms with Gasteiger partial charge in [0, 0.05) is 12.6 Å². The van der Waals surface area contributed by atoms with E-state index in [1.165, 1.54) is 42.6 Å². The van der Waals surface area contributed by atoms with Gasteiger partial charge in [-0.3, -0.25) is 4.90 Å². The molecule has 1 saturated heterocycles. The summed E-state index contributed by atoms with van der Waals surface area (Å²) in [5.41, 5.74) is 9.90. The fourth-order valence-electron chi connectivity index (χ4n) is 3.54. The van der Waals surface area contributed by atoms with Gasteiger partial charge in [0.15, 0.2) is 0 Å². The lowest BCUT2D eigenvalue weighted by Gasteiger charge is -2.36. The Balaban J connectivity index is 1.62. The summed E-state index contributed by atoms with van der Waals surface area (Å²) >= 11 is 0. The van der Waals surface area contributed by atoms with Gasteiger partial charge in [0.2, 0.25) is 0 Å². The first-order valence-electron chi connectivity index (χ1n) is 8.36. The van der Waals surface area contributed by atoms with Crippen LogP contribution < -0.4 is 5.73 Å². The fourth-order valence-corrected chi connectivity index (χ4v) is 3.54. The van der Waals surface area contributed by atoms with Crippen LogP contribution in [0.25, 0.3) is 0 Å². The average Bonchev–Trinajstić information content (AvgIpc) is 2.62. The first-order chi connectivity index (χ1) is 10.8. The van der Waals surface area contributed by atoms with Gasteiger partial charge in [0.05, 0.1) is 0 Å². The molecule has 0 radical (unpaired) electrons. The van der Waals surface area contributed by atoms with E-state index in [1.807, 2.05) is 0 Å². The number of hydrogen-bond donors (Lipinski definition) is 1. The lowest BCUT2D eigenvalue weighted by molar-refractivity contribution is 0.162. The summed E-state index contributed by atoms with van der Waals surface area (Å²) in [5, 5.41) is 0. The van der Waals surface area contributed by atoms with E-state index in [2.05, 4.69) is 66.4 Å². The standard InChI is InChI=1S/C20H26N2/c1-16(18-7-3-2-4-8-18)22-12-10-19(11-13-22)20-9-5-6-17(14-20)15-21/h2-9,14,16,19H,10-13,15,21H2,1H3. The molecule has 1 atom stereocenters. The lowest BCUT2D eigenvalue weighted by atomic mass is 9.87. The number of nitrogens with two attached hydrogens (primary N) is 1. The van der Waals surface area contributed by atoms with Crippen molar-refractivity contribution in [2.45, 2.75) is 38.3 Å². The highest BCUT2D eigenvalue weighted by Gasteiger charge is 2.24. The molecule has 3 rings (SSSR count). The van der Waals surface area contributed by atoms with Crippen LogP contribution in [0.3, 0.4) is 0 Å². The van der Waals surface area contributed by atoms with Crippen molar-refractivity contribution in [3.63, 3.8) is 0 Å². The maximum absolute atomic E-state index is 5.77. The zero-order chi connectivity index (χ0) is 15.4. The van der Waals surface area contributed by atoms with Crippen molar-refractivity contribution in [1.82, 2.24) is 4.90 Å². The number of benzene rings is 2. The van der Waals surface area contributed by atoms with E-state index < -0.39 is 0 Å². The van der Waals surface area contributed by atoms with Crippen molar-refractivity contribution in [2.75, 3.05) is 13.1 Å². The molecular weight excluding hydrogens is 268 g/mol. The summed E-state index contributed by atoms with van der Waals surface area (Å²) in [4.78, 5) is 2.61. The average molecular weight is 294 g/mol. The zero-order valence-electron chi connectivity index (χ0n) is 13.4. The van der Waals surface area contributed by atoms with Crippen molar-refractivity contribution in [2.24, 2.45) is 5.73 Å². The third-order valence-electron chi connectivity index (χ3n) is 5.02. The van der Waals surface area contributed by atoms with Gasteiger partial charge in [-0.05, 0) is 55.5 Å². The number of likely N-dealkylation sites (tertiary alicyclic amines) is 1. The van der Waals surface area contributed by atoms with Crippen LogP contribution in [0, 0.1) is 0 Å². The first kappa shape index (κ1) is 15.3. The first-order valence-corrected chi connectivity index (χ1v) is 8.36. The second-order valence-corrected chi connectivity index (χ2v) is 6.35. The smallest absolute Gasteiger partial charge is 0.0319 e. The SMILES string of the molecule is CC(c1ccccc1)N1CCC(c2cccc(CN)c2)CC1. The number of hydrogen-bond acceptors (Lipinski definition) is 2. The Kier molecular flexibility index (Phi) is 4.91. The zero-order valence-corrected chi connectivity index (χ0v) is 13.4. The summed E-state index contributed by atoms with van der Waals surface area (Å²) in [6, 6.07) is 20.2. The van der Waals surface area contributed by atoms with Gasteiger partial charge >= 0.3 is 0 Å². The third-order valence-corrected chi connectivity index (χ3v) is 5.02. The Labute approximate surface area is 134 Å². The highest BCUT2D eigenvalue weighted by Crippen LogP contribution is 2.32. The minimum Gasteiger partial charge on any atom is -0.326 e. The van der Waals surface area contributed by atoms with E-state index in [4.69, 9.17) is 5.73 Å². The van der Waals surface area contributed by atoms with Crippen LogP contribution in [-0.2, 0) is 6.54 Å². The Morgan fingerprint density at radius 2 is 1.77 bits per heavy atom. The number of rotatable bonds is 4. The highest BCUT2D eigenvalue weighted by atomic mass is 15.2. The van der Waals surface area contributed by atoms with Crippen LogP contribution in [0.2, 0.25) is 0 Å². The van der Waals surface area contributed by atoms with Gasteiger partial charge in [0.1, 0.15) is 0 Å². The van der Waals surface area contributed by atoms with Crippen LogP contribution in [0.1, 0.15) is 48.4 Å². The third kappa shape index (κ3) is 3.40. The molecule has 22 heavy (non-hydrogen) atoms. The van der Waals surface area contributed by atoms with Crippen molar-refractivity contribution in [1.29, 1.82) is 0 Å². The molecule has 0 aromatic heterocycles. The summed E-state index contributed by atoms with van der Waals surface area (Å²) in [7, 11) is 0. The van der Waals surface area contributed by atoms with Gasteiger partial charge in [-0.2, -0.15) is 0 Å². The molecule has 2 aromatic carbocycles. The van der Waals surface area contributed by atoms with Gasteiger partial charge in [-0.1, -0.05) is 54.6 Å². The summed E-state index contributed by atoms with van der Waals surface area (Å²) in [5.74, 6) is 0.686. The molecule has 2 N–H and O–H groups in total. The molecule has 1 fully saturated rings. The van der Waals surface area contributed by atoms with Gasteiger partial charge in [0.25, 0.3) is 0 Å². The second kappa shape index (κ2) is 7.08. The Hall–Kier alpha value is -1.64. The van der Waals surface area contributed by atoms with E-state index in [9.17, 15) is 0 Å². The molecular formula is C20H26N2. The summed E-state index contributed by atoms with van der Waals surface area (Å²) in [6.45, 7) is 5.31. The van der Waals surface area contributed by atoms with Crippen LogP contribution >= 0.6 is 0 Å². The molecule has 2 heteroatoms. The molecule has 2 aromatic rings. The van der Waals surface area contributed by atoms with Gasteiger partial charge < -0.3 is 5.73 Å². The molecule has 116 valence electrons. The molecule has 1 unspecified atom stereocenters. The van der Waals surface area contributed by atoms with Gasteiger partial charge in [-0.25, -0.2) is 0 Å². The van der Waals surface area contributed by atoms with Crippen molar-refractivity contribution < 1.29 is 0 Å². The monoisotopic (exact) mass is 294 g/mol. The molecule has 0 saturated carbocycles. The van der Waals surface area contributed by atoms with Crippen LogP contribution in [0.4, 0.5) is 0 Å². The molecule has 1 aliphatic rings. The van der Waals surface area contributed by atoms with Crippen LogP contribution in [0.5, 0.6) is 0 Å². The topological polar surface area (TPSA) is 29.3 Å². The minimum atomic E-state index is 0.512. The number of nitrogens with zero attached hydrogens (tertiary/aromatic N) is 1. The maximum atomic E-state index is 5.77. The fraction of sp³-hybridized carbons (Fsp3) is 0.400. The molecule has 0 aliphatic carbocycles. The van der Waals surface area contributed by atoms with E-state index in [1.54, 1.807) is 0 Å². The predicted octanol–water partition coefficient (Wildman–Crippen LogP) is 4.09. The van der Waals surface area contributed by atoms with E-state index >= 15 is 0 Å². The van der Waals surface area contributed by atoms with Crippen molar-refractivity contribution in [3.05, 3.63) is 71.3 Å². The Morgan fingerprint density at radius 3 is 2.45 bits per heavy atom. The number of piperidine rings is 1. The molecule has 0 amide bonds. The summed E-state index contributed by atoms with van der Waals surface area (Å²) < 4.78 is 0.